The van der Waals surface area contributed by atoms with E-state index in [4.69, 9.17) is 4.74 Å². The van der Waals surface area contributed by atoms with E-state index in [0.717, 1.165) is 62.0 Å². The molecule has 0 spiro atoms. The highest BCUT2D eigenvalue weighted by atomic mass is 16.5. The standard InChI is InChI=1S/C34H42N2O3/c1-26(2)39-32(37)25-34(3,28-15-8-5-9-16-28)21-12-22-36-23-19-29(20-24-36)35-33(38)31-18-11-10-17-30(31)27-13-6-4-7-14-27/h4-11,13-18,26,29H,12,19-25H2,1-3H3,(H,35,38). The van der Waals surface area contributed by atoms with Crippen LogP contribution in [0, 0.1) is 0 Å². The molecule has 0 aromatic heterocycles. The molecule has 1 heterocycles. The summed E-state index contributed by atoms with van der Waals surface area (Å²) in [5, 5.41) is 3.29. The van der Waals surface area contributed by atoms with Gasteiger partial charge in [-0.1, -0.05) is 85.8 Å². The van der Waals surface area contributed by atoms with Gasteiger partial charge in [0.15, 0.2) is 0 Å². The van der Waals surface area contributed by atoms with Crippen LogP contribution in [0.1, 0.15) is 68.8 Å². The number of carbonyl (C=O) groups is 2. The van der Waals surface area contributed by atoms with E-state index < -0.39 is 0 Å². The topological polar surface area (TPSA) is 58.6 Å². The fraction of sp³-hybridized carbons (Fsp3) is 0.412. The van der Waals surface area contributed by atoms with E-state index in [1.807, 2.05) is 86.6 Å². The molecule has 1 unspecified atom stereocenters. The van der Waals surface area contributed by atoms with Crippen LogP contribution in [0.4, 0.5) is 0 Å². The summed E-state index contributed by atoms with van der Waals surface area (Å²) in [5.74, 6) is -0.137. The van der Waals surface area contributed by atoms with Gasteiger partial charge in [0.25, 0.3) is 5.91 Å². The zero-order valence-corrected chi connectivity index (χ0v) is 23.6. The lowest BCUT2D eigenvalue weighted by Crippen LogP contribution is -2.45. The molecule has 39 heavy (non-hydrogen) atoms. The maximum Gasteiger partial charge on any atom is 0.306 e. The molecule has 1 saturated heterocycles. The molecule has 3 aromatic carbocycles. The molecule has 3 aromatic rings. The summed E-state index contributed by atoms with van der Waals surface area (Å²) >= 11 is 0. The molecule has 206 valence electrons. The Morgan fingerprint density at radius 1 is 0.923 bits per heavy atom. The van der Waals surface area contributed by atoms with Crippen molar-refractivity contribution in [2.24, 2.45) is 0 Å². The predicted octanol–water partition coefficient (Wildman–Crippen LogP) is 6.63. The average molecular weight is 527 g/mol. The van der Waals surface area contributed by atoms with Crippen LogP contribution in [0.3, 0.4) is 0 Å². The van der Waals surface area contributed by atoms with Gasteiger partial charge in [0.1, 0.15) is 0 Å². The number of esters is 1. The number of benzene rings is 3. The van der Waals surface area contributed by atoms with Gasteiger partial charge in [0.05, 0.1) is 12.5 Å². The average Bonchev–Trinajstić information content (AvgIpc) is 2.94. The van der Waals surface area contributed by atoms with E-state index in [-0.39, 0.29) is 29.4 Å². The Bertz CT molecular complexity index is 1200. The highest BCUT2D eigenvalue weighted by Crippen LogP contribution is 2.33. The zero-order valence-electron chi connectivity index (χ0n) is 23.6. The molecule has 5 nitrogen and oxygen atoms in total. The number of hydrogen-bond donors (Lipinski definition) is 1. The normalized spacial score (nSPS) is 16.0. The molecular formula is C34H42N2O3. The maximum atomic E-state index is 13.2. The number of nitrogens with one attached hydrogen (secondary N) is 1. The van der Waals surface area contributed by atoms with Crippen LogP contribution in [-0.4, -0.2) is 48.6 Å². The molecule has 4 rings (SSSR count). The second-order valence-electron chi connectivity index (χ2n) is 11.2. The molecule has 0 radical (unpaired) electrons. The molecule has 1 amide bonds. The van der Waals surface area contributed by atoms with Crippen molar-refractivity contribution in [1.82, 2.24) is 10.2 Å². The second-order valence-corrected chi connectivity index (χ2v) is 11.2. The van der Waals surface area contributed by atoms with Gasteiger partial charge in [0.2, 0.25) is 0 Å². The quantitative estimate of drug-likeness (QED) is 0.285. The maximum absolute atomic E-state index is 13.2. The van der Waals surface area contributed by atoms with Gasteiger partial charge in [0, 0.05) is 30.1 Å². The lowest BCUT2D eigenvalue weighted by atomic mass is 9.76. The van der Waals surface area contributed by atoms with E-state index in [1.165, 1.54) is 5.56 Å². The minimum atomic E-state index is -0.258. The highest BCUT2D eigenvalue weighted by Gasteiger charge is 2.31. The van der Waals surface area contributed by atoms with Crippen molar-refractivity contribution >= 4 is 11.9 Å². The van der Waals surface area contributed by atoms with E-state index in [1.54, 1.807) is 0 Å². The smallest absolute Gasteiger partial charge is 0.306 e. The van der Waals surface area contributed by atoms with Crippen molar-refractivity contribution in [2.45, 2.75) is 70.4 Å². The molecule has 1 aliphatic rings. The Hall–Kier alpha value is -3.44. The SMILES string of the molecule is CC(C)OC(=O)CC(C)(CCCN1CCC(NC(=O)c2ccccc2-c2ccccc2)CC1)c1ccccc1. The Balaban J connectivity index is 1.28. The van der Waals surface area contributed by atoms with Crippen LogP contribution in [-0.2, 0) is 14.9 Å². The first-order valence-corrected chi connectivity index (χ1v) is 14.3. The van der Waals surface area contributed by atoms with E-state index in [2.05, 4.69) is 29.3 Å². The van der Waals surface area contributed by atoms with Gasteiger partial charge in [-0.25, -0.2) is 0 Å². The summed E-state index contributed by atoms with van der Waals surface area (Å²) in [6, 6.07) is 28.4. The lowest BCUT2D eigenvalue weighted by molar-refractivity contribution is -0.148. The number of ether oxygens (including phenoxy) is 1. The Labute approximate surface area is 233 Å². The third-order valence-electron chi connectivity index (χ3n) is 7.75. The predicted molar refractivity (Wildman–Crippen MR) is 158 cm³/mol. The van der Waals surface area contributed by atoms with E-state index in [9.17, 15) is 9.59 Å². The molecule has 0 bridgehead atoms. The van der Waals surface area contributed by atoms with Crippen molar-refractivity contribution in [1.29, 1.82) is 0 Å². The van der Waals surface area contributed by atoms with Gasteiger partial charge >= 0.3 is 5.97 Å². The Morgan fingerprint density at radius 2 is 1.54 bits per heavy atom. The number of likely N-dealkylation sites (tertiary alicyclic amines) is 1. The van der Waals surface area contributed by atoms with Crippen molar-refractivity contribution in [2.75, 3.05) is 19.6 Å². The second kappa shape index (κ2) is 13.6. The van der Waals surface area contributed by atoms with Crippen LogP contribution in [0.5, 0.6) is 0 Å². The molecule has 5 heteroatoms. The summed E-state index contributed by atoms with van der Waals surface area (Å²) in [6.07, 6.45) is 4.07. The van der Waals surface area contributed by atoms with Gasteiger partial charge in [-0.3, -0.25) is 9.59 Å². The third-order valence-corrected chi connectivity index (χ3v) is 7.75. The fourth-order valence-corrected chi connectivity index (χ4v) is 5.61. The van der Waals surface area contributed by atoms with Crippen LogP contribution in [0.15, 0.2) is 84.9 Å². The molecule has 1 aliphatic heterocycles. The molecule has 1 N–H and O–H groups in total. The van der Waals surface area contributed by atoms with Crippen molar-refractivity contribution in [3.05, 3.63) is 96.1 Å². The minimum Gasteiger partial charge on any atom is -0.463 e. The Kier molecular flexibility index (Phi) is 9.94. The summed E-state index contributed by atoms with van der Waals surface area (Å²) in [4.78, 5) is 28.3. The molecule has 1 fully saturated rings. The monoisotopic (exact) mass is 526 g/mol. The van der Waals surface area contributed by atoms with Gasteiger partial charge in [-0.15, -0.1) is 0 Å². The zero-order chi connectivity index (χ0) is 27.7. The first-order valence-electron chi connectivity index (χ1n) is 14.3. The summed E-state index contributed by atoms with van der Waals surface area (Å²) in [5.41, 5.74) is 3.67. The molecule has 0 saturated carbocycles. The molecule has 1 atom stereocenters. The van der Waals surface area contributed by atoms with Gasteiger partial charge < -0.3 is 15.0 Å². The number of nitrogens with zero attached hydrogens (tertiary/aromatic N) is 1. The molecular weight excluding hydrogens is 484 g/mol. The first kappa shape index (κ1) is 28.6. The van der Waals surface area contributed by atoms with Crippen LogP contribution in [0.25, 0.3) is 11.1 Å². The van der Waals surface area contributed by atoms with Crippen LogP contribution < -0.4 is 5.32 Å². The largest absolute Gasteiger partial charge is 0.463 e. The first-order chi connectivity index (χ1) is 18.8. The fourth-order valence-electron chi connectivity index (χ4n) is 5.61. The van der Waals surface area contributed by atoms with Crippen molar-refractivity contribution < 1.29 is 14.3 Å². The number of amides is 1. The molecule has 0 aliphatic carbocycles. The van der Waals surface area contributed by atoms with Crippen molar-refractivity contribution in [3.8, 4) is 11.1 Å². The van der Waals surface area contributed by atoms with Gasteiger partial charge in [-0.2, -0.15) is 0 Å². The third kappa shape index (κ3) is 8.03. The Morgan fingerprint density at radius 3 is 2.21 bits per heavy atom. The number of carbonyl (C=O) groups excluding carboxylic acids is 2. The van der Waals surface area contributed by atoms with E-state index >= 15 is 0 Å². The van der Waals surface area contributed by atoms with E-state index in [0.29, 0.717) is 6.42 Å². The van der Waals surface area contributed by atoms with Gasteiger partial charge in [-0.05, 0) is 68.8 Å². The summed E-state index contributed by atoms with van der Waals surface area (Å²) in [7, 11) is 0. The lowest BCUT2D eigenvalue weighted by Gasteiger charge is -2.34. The number of rotatable bonds is 11. The minimum absolute atomic E-state index is 0.000172. The summed E-state index contributed by atoms with van der Waals surface area (Å²) < 4.78 is 5.49. The summed E-state index contributed by atoms with van der Waals surface area (Å²) in [6.45, 7) is 8.88. The number of hydrogen-bond acceptors (Lipinski definition) is 4. The van der Waals surface area contributed by atoms with Crippen LogP contribution >= 0.6 is 0 Å². The number of piperidine rings is 1. The van der Waals surface area contributed by atoms with Crippen molar-refractivity contribution in [3.63, 3.8) is 0 Å². The van der Waals surface area contributed by atoms with Crippen LogP contribution in [0.2, 0.25) is 0 Å². The highest BCUT2D eigenvalue weighted by molar-refractivity contribution is 6.01.